The summed E-state index contributed by atoms with van der Waals surface area (Å²) in [6, 6.07) is 20.6. The summed E-state index contributed by atoms with van der Waals surface area (Å²) >= 11 is 0. The van der Waals surface area contributed by atoms with Gasteiger partial charge in [0.05, 0.1) is 11.9 Å². The Kier molecular flexibility index (Phi) is 7.32. The molecular weight excluding hydrogens is 420 g/mol. The van der Waals surface area contributed by atoms with E-state index in [1.807, 2.05) is 36.4 Å². The quantitative estimate of drug-likeness (QED) is 0.539. The maximum Gasteiger partial charge on any atom is 0.255 e. The molecule has 0 saturated carbocycles. The smallest absolute Gasteiger partial charge is 0.255 e. The van der Waals surface area contributed by atoms with Crippen molar-refractivity contribution in [2.45, 2.75) is 46.1 Å². The minimum Gasteiger partial charge on any atom is -0.355 e. The van der Waals surface area contributed by atoms with Crippen LogP contribution in [0.25, 0.3) is 0 Å². The molecule has 1 aliphatic heterocycles. The number of hydrogen-bond acceptors (Lipinski definition) is 4. The van der Waals surface area contributed by atoms with E-state index in [2.05, 4.69) is 72.1 Å². The normalized spacial score (nSPS) is 15.1. The average Bonchev–Trinajstić information content (AvgIpc) is 3.06. The van der Waals surface area contributed by atoms with Crippen molar-refractivity contribution >= 4 is 17.4 Å². The molecule has 0 unspecified atom stereocenters. The Labute approximate surface area is 203 Å². The third-order valence-corrected chi connectivity index (χ3v) is 6.46. The molecule has 1 saturated heterocycles. The summed E-state index contributed by atoms with van der Waals surface area (Å²) in [5.41, 5.74) is 5.31. The van der Waals surface area contributed by atoms with Crippen molar-refractivity contribution in [3.63, 3.8) is 0 Å². The van der Waals surface area contributed by atoms with Gasteiger partial charge in [-0.2, -0.15) is 0 Å². The Hall–Kier alpha value is -3.18. The number of nitrogens with zero attached hydrogens (tertiary/aromatic N) is 3. The summed E-state index contributed by atoms with van der Waals surface area (Å²) in [5.74, 6) is 0.848. The highest BCUT2D eigenvalue weighted by atomic mass is 16.1. The van der Waals surface area contributed by atoms with Crippen LogP contribution >= 0.6 is 0 Å². The van der Waals surface area contributed by atoms with Gasteiger partial charge in [-0.3, -0.25) is 9.69 Å². The Morgan fingerprint density at radius 2 is 1.65 bits per heavy atom. The Morgan fingerprint density at radius 1 is 0.912 bits per heavy atom. The van der Waals surface area contributed by atoms with E-state index in [1.165, 1.54) is 16.7 Å². The van der Waals surface area contributed by atoms with Crippen LogP contribution in [0, 0.1) is 6.92 Å². The molecule has 0 bridgehead atoms. The van der Waals surface area contributed by atoms with Gasteiger partial charge in [0.1, 0.15) is 5.82 Å². The molecule has 4 rings (SSSR count). The molecule has 0 atom stereocenters. The number of carbonyl (C=O) groups excluding carboxylic acids is 1. The van der Waals surface area contributed by atoms with Crippen molar-refractivity contribution in [2.75, 3.05) is 36.4 Å². The maximum atomic E-state index is 12.7. The summed E-state index contributed by atoms with van der Waals surface area (Å²) in [5, 5.41) is 2.97. The minimum absolute atomic E-state index is 0.0692. The summed E-state index contributed by atoms with van der Waals surface area (Å²) in [6.45, 7) is 13.7. The monoisotopic (exact) mass is 456 g/mol. The first-order chi connectivity index (χ1) is 16.3. The molecule has 5 heteroatoms. The van der Waals surface area contributed by atoms with Crippen LogP contribution in [0.3, 0.4) is 0 Å². The predicted molar refractivity (Wildman–Crippen MR) is 141 cm³/mol. The first-order valence-corrected chi connectivity index (χ1v) is 12.2. The fraction of sp³-hybridized carbons (Fsp3) is 0.379. The molecule has 5 nitrogen and oxygen atoms in total. The van der Waals surface area contributed by atoms with E-state index in [4.69, 9.17) is 0 Å². The van der Waals surface area contributed by atoms with Crippen LogP contribution in [0.4, 0.5) is 11.5 Å². The molecule has 34 heavy (non-hydrogen) atoms. The molecule has 178 valence electrons. The first-order valence-electron chi connectivity index (χ1n) is 12.2. The zero-order chi connectivity index (χ0) is 24.1. The van der Waals surface area contributed by atoms with E-state index in [0.29, 0.717) is 11.3 Å². The topological polar surface area (TPSA) is 48.5 Å². The molecule has 1 fully saturated rings. The summed E-state index contributed by atoms with van der Waals surface area (Å²) < 4.78 is 0. The summed E-state index contributed by atoms with van der Waals surface area (Å²) in [4.78, 5) is 22.2. The second-order valence-electron chi connectivity index (χ2n) is 10.3. The molecule has 0 aliphatic carbocycles. The van der Waals surface area contributed by atoms with Gasteiger partial charge >= 0.3 is 0 Å². The average molecular weight is 457 g/mol. The number of carbonyl (C=O) groups is 1. The van der Waals surface area contributed by atoms with Crippen molar-refractivity contribution in [2.24, 2.45) is 0 Å². The van der Waals surface area contributed by atoms with Crippen LogP contribution in [-0.2, 0) is 12.0 Å². The van der Waals surface area contributed by atoms with Gasteiger partial charge in [-0.25, -0.2) is 4.98 Å². The highest BCUT2D eigenvalue weighted by Gasteiger charge is 2.17. The lowest BCUT2D eigenvalue weighted by molar-refractivity contribution is 0.102. The van der Waals surface area contributed by atoms with Crippen LogP contribution in [0.2, 0.25) is 0 Å². The highest BCUT2D eigenvalue weighted by molar-refractivity contribution is 6.04. The number of hydrogen-bond donors (Lipinski definition) is 1. The van der Waals surface area contributed by atoms with Crippen molar-refractivity contribution in [1.29, 1.82) is 0 Å². The van der Waals surface area contributed by atoms with Crippen molar-refractivity contribution in [3.05, 3.63) is 89.1 Å². The van der Waals surface area contributed by atoms with Gasteiger partial charge < -0.3 is 10.2 Å². The fourth-order valence-corrected chi connectivity index (χ4v) is 4.28. The first kappa shape index (κ1) is 24.0. The molecular formula is C29H36N4O. The third kappa shape index (κ3) is 6.23. The van der Waals surface area contributed by atoms with Crippen molar-refractivity contribution in [3.8, 4) is 0 Å². The molecule has 3 aromatic rings. The number of nitrogens with one attached hydrogen (secondary N) is 1. The highest BCUT2D eigenvalue weighted by Crippen LogP contribution is 2.23. The van der Waals surface area contributed by atoms with Gasteiger partial charge in [-0.15, -0.1) is 0 Å². The standard InChI is InChI=1S/C29H36N4O/c1-22-6-8-23(9-7-22)21-32-16-5-17-33(19-18-32)27-15-14-26(20-30-27)31-28(34)24-10-12-25(13-11-24)29(2,3)4/h6-15,20H,5,16-19,21H2,1-4H3,(H,31,34). The van der Waals surface area contributed by atoms with E-state index < -0.39 is 0 Å². The van der Waals surface area contributed by atoms with Crippen LogP contribution in [0.1, 0.15) is 54.2 Å². The minimum atomic E-state index is -0.114. The van der Waals surface area contributed by atoms with Gasteiger partial charge in [0.15, 0.2) is 0 Å². The van der Waals surface area contributed by atoms with Gasteiger partial charge in [-0.1, -0.05) is 62.7 Å². The second kappa shape index (κ2) is 10.4. The van der Waals surface area contributed by atoms with E-state index in [1.54, 1.807) is 6.20 Å². The Morgan fingerprint density at radius 3 is 2.29 bits per heavy atom. The maximum absolute atomic E-state index is 12.7. The number of rotatable bonds is 5. The summed E-state index contributed by atoms with van der Waals surface area (Å²) in [7, 11) is 0. The van der Waals surface area contributed by atoms with Gasteiger partial charge in [0.25, 0.3) is 5.91 Å². The molecule has 1 aliphatic rings. The van der Waals surface area contributed by atoms with Gasteiger partial charge in [0, 0.05) is 38.3 Å². The molecule has 1 amide bonds. The van der Waals surface area contributed by atoms with Crippen molar-refractivity contribution < 1.29 is 4.79 Å². The fourth-order valence-electron chi connectivity index (χ4n) is 4.28. The molecule has 0 radical (unpaired) electrons. The largest absolute Gasteiger partial charge is 0.355 e. The predicted octanol–water partition coefficient (Wildman–Crippen LogP) is 5.65. The molecule has 1 aromatic heterocycles. The van der Waals surface area contributed by atoms with E-state index in [-0.39, 0.29) is 11.3 Å². The van der Waals surface area contributed by atoms with Crippen LogP contribution in [0.15, 0.2) is 66.9 Å². The third-order valence-electron chi connectivity index (χ3n) is 6.46. The van der Waals surface area contributed by atoms with E-state index in [9.17, 15) is 4.79 Å². The lowest BCUT2D eigenvalue weighted by atomic mass is 9.87. The van der Waals surface area contributed by atoms with Crippen LogP contribution in [-0.4, -0.2) is 42.0 Å². The van der Waals surface area contributed by atoms with E-state index in [0.717, 1.165) is 45.0 Å². The number of aryl methyl sites for hydroxylation is 1. The lowest BCUT2D eigenvalue weighted by Crippen LogP contribution is -2.31. The number of pyridine rings is 1. The van der Waals surface area contributed by atoms with Crippen molar-refractivity contribution in [1.82, 2.24) is 9.88 Å². The van der Waals surface area contributed by atoms with Gasteiger partial charge in [-0.05, 0) is 54.2 Å². The Balaban J connectivity index is 1.32. The Bertz CT molecular complexity index is 1080. The number of benzene rings is 2. The number of anilines is 2. The molecule has 2 heterocycles. The number of aromatic nitrogens is 1. The molecule has 0 spiro atoms. The number of amides is 1. The zero-order valence-electron chi connectivity index (χ0n) is 20.8. The molecule has 1 N–H and O–H groups in total. The SMILES string of the molecule is Cc1ccc(CN2CCCN(c3ccc(NC(=O)c4ccc(C(C)(C)C)cc4)cn3)CC2)cc1. The van der Waals surface area contributed by atoms with Crippen LogP contribution in [0.5, 0.6) is 0 Å². The van der Waals surface area contributed by atoms with Crippen LogP contribution < -0.4 is 10.2 Å². The molecule has 2 aromatic carbocycles. The summed E-state index contributed by atoms with van der Waals surface area (Å²) in [6.07, 6.45) is 2.86. The second-order valence-corrected chi connectivity index (χ2v) is 10.3. The lowest BCUT2D eigenvalue weighted by Gasteiger charge is -2.23. The zero-order valence-corrected chi connectivity index (χ0v) is 20.8. The van der Waals surface area contributed by atoms with Gasteiger partial charge in [0.2, 0.25) is 0 Å². The van der Waals surface area contributed by atoms with E-state index >= 15 is 0 Å².